The minimum Gasteiger partial charge on any atom is -0.244 e. The molecular weight excluding hydrogens is 206 g/mol. The molecule has 0 saturated heterocycles. The van der Waals surface area contributed by atoms with Crippen LogP contribution in [0.3, 0.4) is 0 Å². The molecule has 0 saturated carbocycles. The molecule has 2 heteroatoms. The Bertz CT molecular complexity index is 519. The lowest BCUT2D eigenvalue weighted by Gasteiger charge is -2.16. The van der Waals surface area contributed by atoms with Gasteiger partial charge in [-0.15, -0.1) is 0 Å². The molecule has 15 heavy (non-hydrogen) atoms. The zero-order valence-electron chi connectivity index (χ0n) is 8.46. The Morgan fingerprint density at radius 3 is 2.33 bits per heavy atom. The minimum atomic E-state index is 0.582. The third-order valence-electron chi connectivity index (χ3n) is 3.15. The third kappa shape index (κ3) is 1.61. The second-order valence-electron chi connectivity index (χ2n) is 4.18. The normalized spacial score (nSPS) is 15.3. The largest absolute Gasteiger partial charge is 0.244 e. The fourth-order valence-corrected chi connectivity index (χ4v) is 2.52. The number of aryl methyl sites for hydroxylation is 2. The van der Waals surface area contributed by atoms with Crippen LogP contribution in [0, 0.1) is 0 Å². The predicted octanol–water partition coefficient (Wildman–Crippen LogP) is 3.77. The first-order chi connectivity index (χ1) is 7.33. The third-order valence-corrected chi connectivity index (χ3v) is 3.36. The summed E-state index contributed by atoms with van der Waals surface area (Å²) in [5, 5.41) is 3.01. The molecule has 0 bridgehead atoms. The summed E-state index contributed by atoms with van der Waals surface area (Å²) in [5.41, 5.74) is 2.99. The van der Waals surface area contributed by atoms with Gasteiger partial charge in [0.05, 0.1) is 0 Å². The van der Waals surface area contributed by atoms with E-state index in [-0.39, 0.29) is 0 Å². The zero-order valence-corrected chi connectivity index (χ0v) is 9.22. The molecule has 0 amide bonds. The fourth-order valence-electron chi connectivity index (χ4n) is 2.36. The Balaban J connectivity index is 2.26. The van der Waals surface area contributed by atoms with E-state index in [1.54, 1.807) is 0 Å². The first-order valence-electron chi connectivity index (χ1n) is 5.40. The second kappa shape index (κ2) is 3.49. The lowest BCUT2D eigenvalue weighted by Crippen LogP contribution is -2.02. The number of hydrogen-bond donors (Lipinski definition) is 0. The summed E-state index contributed by atoms with van der Waals surface area (Å²) in [6.07, 6.45) is 6.93. The molecule has 0 radical (unpaired) electrons. The topological polar surface area (TPSA) is 12.9 Å². The highest BCUT2D eigenvalue weighted by Crippen LogP contribution is 2.27. The number of rotatable bonds is 0. The van der Waals surface area contributed by atoms with Crippen molar-refractivity contribution >= 4 is 22.4 Å². The van der Waals surface area contributed by atoms with Crippen LogP contribution in [-0.4, -0.2) is 4.98 Å². The molecular formula is C13H12ClN. The van der Waals surface area contributed by atoms with E-state index in [4.69, 9.17) is 11.6 Å². The van der Waals surface area contributed by atoms with Crippen LogP contribution in [0.1, 0.15) is 24.0 Å². The molecule has 0 fully saturated rings. The molecule has 1 nitrogen and oxygen atoms in total. The Kier molecular flexibility index (Phi) is 2.14. The number of fused-ring (bicyclic) bond motifs is 2. The van der Waals surface area contributed by atoms with Crippen LogP contribution in [0.25, 0.3) is 10.8 Å². The van der Waals surface area contributed by atoms with Crippen molar-refractivity contribution in [1.29, 1.82) is 0 Å². The van der Waals surface area contributed by atoms with Crippen molar-refractivity contribution in [3.05, 3.63) is 40.7 Å². The maximum atomic E-state index is 5.89. The maximum absolute atomic E-state index is 5.89. The molecule has 2 aromatic rings. The average Bonchev–Trinajstić information content (AvgIpc) is 2.26. The Labute approximate surface area is 94.1 Å². The molecule has 0 unspecified atom stereocenters. The van der Waals surface area contributed by atoms with Gasteiger partial charge in [-0.2, -0.15) is 0 Å². The van der Waals surface area contributed by atoms with Gasteiger partial charge >= 0.3 is 0 Å². The SMILES string of the molecule is Clc1cc2cc3c(cc2cn1)CCCC3. The van der Waals surface area contributed by atoms with Crippen LogP contribution >= 0.6 is 11.6 Å². The van der Waals surface area contributed by atoms with Gasteiger partial charge in [-0.1, -0.05) is 17.7 Å². The Hall–Kier alpha value is -1.08. The number of hydrogen-bond acceptors (Lipinski definition) is 1. The van der Waals surface area contributed by atoms with Gasteiger partial charge in [0.25, 0.3) is 0 Å². The molecule has 0 atom stereocenters. The molecule has 76 valence electrons. The lowest BCUT2D eigenvalue weighted by atomic mass is 9.90. The minimum absolute atomic E-state index is 0.582. The van der Waals surface area contributed by atoms with Crippen molar-refractivity contribution in [1.82, 2.24) is 4.98 Å². The van der Waals surface area contributed by atoms with Crippen LogP contribution < -0.4 is 0 Å². The van der Waals surface area contributed by atoms with Crippen molar-refractivity contribution in [2.75, 3.05) is 0 Å². The smallest absolute Gasteiger partial charge is 0.129 e. The molecule has 1 aliphatic carbocycles. The van der Waals surface area contributed by atoms with E-state index in [1.165, 1.54) is 47.6 Å². The quantitative estimate of drug-likeness (QED) is 0.613. The van der Waals surface area contributed by atoms with Crippen LogP contribution in [0.5, 0.6) is 0 Å². The highest BCUT2D eigenvalue weighted by molar-refractivity contribution is 6.30. The number of nitrogens with zero attached hydrogens (tertiary/aromatic N) is 1. The molecule has 1 aromatic carbocycles. The first kappa shape index (κ1) is 9.17. The predicted molar refractivity (Wildman–Crippen MR) is 63.4 cm³/mol. The average molecular weight is 218 g/mol. The monoisotopic (exact) mass is 217 g/mol. The number of benzene rings is 1. The van der Waals surface area contributed by atoms with Crippen molar-refractivity contribution in [2.45, 2.75) is 25.7 Å². The summed E-state index contributed by atoms with van der Waals surface area (Å²) >= 11 is 5.89. The van der Waals surface area contributed by atoms with E-state index in [9.17, 15) is 0 Å². The molecule has 0 spiro atoms. The van der Waals surface area contributed by atoms with E-state index in [1.807, 2.05) is 12.3 Å². The van der Waals surface area contributed by atoms with E-state index in [2.05, 4.69) is 17.1 Å². The maximum Gasteiger partial charge on any atom is 0.129 e. The number of pyridine rings is 1. The summed E-state index contributed by atoms with van der Waals surface area (Å²) in [7, 11) is 0. The van der Waals surface area contributed by atoms with Crippen molar-refractivity contribution < 1.29 is 0 Å². The summed E-state index contributed by atoms with van der Waals surface area (Å²) in [6.45, 7) is 0. The van der Waals surface area contributed by atoms with E-state index in [0.29, 0.717) is 5.15 Å². The highest BCUT2D eigenvalue weighted by atomic mass is 35.5. The van der Waals surface area contributed by atoms with E-state index in [0.717, 1.165) is 0 Å². The van der Waals surface area contributed by atoms with Crippen molar-refractivity contribution in [2.24, 2.45) is 0 Å². The van der Waals surface area contributed by atoms with Crippen molar-refractivity contribution in [3.8, 4) is 0 Å². The van der Waals surface area contributed by atoms with Crippen LogP contribution in [0.2, 0.25) is 5.15 Å². The van der Waals surface area contributed by atoms with Gasteiger partial charge in [0, 0.05) is 11.6 Å². The molecule has 0 aliphatic heterocycles. The molecule has 0 N–H and O–H groups in total. The summed E-state index contributed by atoms with van der Waals surface area (Å²) < 4.78 is 0. The van der Waals surface area contributed by atoms with E-state index >= 15 is 0 Å². The van der Waals surface area contributed by atoms with E-state index < -0.39 is 0 Å². The molecule has 3 rings (SSSR count). The number of halogens is 1. The summed E-state index contributed by atoms with van der Waals surface area (Å²) in [6, 6.07) is 6.50. The lowest BCUT2D eigenvalue weighted by molar-refractivity contribution is 0.687. The van der Waals surface area contributed by atoms with Crippen molar-refractivity contribution in [3.63, 3.8) is 0 Å². The Morgan fingerprint density at radius 2 is 1.60 bits per heavy atom. The van der Waals surface area contributed by atoms with Gasteiger partial charge < -0.3 is 0 Å². The van der Waals surface area contributed by atoms with Gasteiger partial charge in [-0.3, -0.25) is 0 Å². The summed E-state index contributed by atoms with van der Waals surface area (Å²) in [5.74, 6) is 0. The Morgan fingerprint density at radius 1 is 0.933 bits per heavy atom. The van der Waals surface area contributed by atoms with Gasteiger partial charge in [0.15, 0.2) is 0 Å². The highest BCUT2D eigenvalue weighted by Gasteiger charge is 2.10. The first-order valence-corrected chi connectivity index (χ1v) is 5.78. The summed E-state index contributed by atoms with van der Waals surface area (Å²) in [4.78, 5) is 4.12. The van der Waals surface area contributed by atoms with Crippen LogP contribution in [0.4, 0.5) is 0 Å². The fraction of sp³-hybridized carbons (Fsp3) is 0.308. The number of aromatic nitrogens is 1. The van der Waals surface area contributed by atoms with Gasteiger partial charge in [0.1, 0.15) is 5.15 Å². The molecule has 1 aliphatic rings. The van der Waals surface area contributed by atoms with Gasteiger partial charge in [0.2, 0.25) is 0 Å². The van der Waals surface area contributed by atoms with Gasteiger partial charge in [-0.05, 0) is 54.3 Å². The molecule has 1 aromatic heterocycles. The van der Waals surface area contributed by atoms with Crippen LogP contribution in [-0.2, 0) is 12.8 Å². The standard InChI is InChI=1S/C13H12ClN/c14-13-7-11-5-9-3-1-2-4-10(9)6-12(11)8-15-13/h5-8H,1-4H2. The van der Waals surface area contributed by atoms with Crippen LogP contribution in [0.15, 0.2) is 24.4 Å². The molecule has 1 heterocycles. The zero-order chi connectivity index (χ0) is 10.3. The second-order valence-corrected chi connectivity index (χ2v) is 4.57. The van der Waals surface area contributed by atoms with Gasteiger partial charge in [-0.25, -0.2) is 4.98 Å².